The van der Waals surface area contributed by atoms with Crippen molar-refractivity contribution in [3.8, 4) is 0 Å². The number of aliphatic hydroxyl groups is 1. The van der Waals surface area contributed by atoms with E-state index in [0.717, 1.165) is 5.56 Å². The van der Waals surface area contributed by atoms with Crippen LogP contribution in [0.5, 0.6) is 0 Å². The average Bonchev–Trinajstić information content (AvgIpc) is 2.15. The van der Waals surface area contributed by atoms with E-state index in [1.165, 1.54) is 13.0 Å². The Balaban J connectivity index is 2.52. The van der Waals surface area contributed by atoms with Gasteiger partial charge in [0, 0.05) is 6.92 Å². The number of benzene rings is 1. The average molecular weight is 192 g/mol. The van der Waals surface area contributed by atoms with Crippen molar-refractivity contribution in [2.24, 2.45) is 0 Å². The normalized spacial score (nSPS) is 12.7. The lowest BCUT2D eigenvalue weighted by Crippen LogP contribution is -2.11. The fourth-order valence-electron chi connectivity index (χ4n) is 0.967. The topological polar surface area (TPSA) is 46.5 Å². The van der Waals surface area contributed by atoms with Crippen LogP contribution in [-0.4, -0.2) is 17.4 Å². The molecule has 1 unspecified atom stereocenters. The zero-order valence-electron chi connectivity index (χ0n) is 7.88. The van der Waals surface area contributed by atoms with Crippen LogP contribution in [0.4, 0.5) is 0 Å². The van der Waals surface area contributed by atoms with Crippen molar-refractivity contribution in [1.82, 2.24) is 0 Å². The molecule has 0 amide bonds. The number of carbonyl (C=O) groups is 1. The van der Waals surface area contributed by atoms with Crippen LogP contribution in [0, 0.1) is 0 Å². The molecule has 0 spiro atoms. The number of ether oxygens (including phenoxy) is 1. The molecule has 74 valence electrons. The van der Waals surface area contributed by atoms with Crippen molar-refractivity contribution in [1.29, 1.82) is 0 Å². The second-order valence-corrected chi connectivity index (χ2v) is 2.77. The number of rotatable bonds is 3. The first-order valence-corrected chi connectivity index (χ1v) is 4.27. The summed E-state index contributed by atoms with van der Waals surface area (Å²) < 4.78 is 4.50. The summed E-state index contributed by atoms with van der Waals surface area (Å²) in [5.41, 5.74) is 0.943. The van der Waals surface area contributed by atoms with Crippen LogP contribution in [0.1, 0.15) is 12.5 Å². The Morgan fingerprint density at radius 2 is 2.07 bits per heavy atom. The summed E-state index contributed by atoms with van der Waals surface area (Å²) in [6, 6.07) is 9.45. The van der Waals surface area contributed by atoms with Gasteiger partial charge in [0.2, 0.25) is 6.29 Å². The van der Waals surface area contributed by atoms with Crippen LogP contribution in [-0.2, 0) is 9.53 Å². The first-order chi connectivity index (χ1) is 6.68. The molecule has 0 saturated heterocycles. The second-order valence-electron chi connectivity index (χ2n) is 2.77. The molecule has 3 nitrogen and oxygen atoms in total. The predicted molar refractivity (Wildman–Crippen MR) is 53.2 cm³/mol. The fourth-order valence-corrected chi connectivity index (χ4v) is 0.967. The third kappa shape index (κ3) is 3.87. The number of carbonyl (C=O) groups excluding carboxylic acids is 1. The first kappa shape index (κ1) is 10.5. The Morgan fingerprint density at radius 3 is 2.64 bits per heavy atom. The SMILES string of the molecule is CC(=O)OC(O)C=Cc1ccccc1. The molecule has 1 aromatic rings. The van der Waals surface area contributed by atoms with Crippen LogP contribution in [0.15, 0.2) is 36.4 Å². The summed E-state index contributed by atoms with van der Waals surface area (Å²) in [5.74, 6) is -0.504. The molecule has 0 aromatic heterocycles. The van der Waals surface area contributed by atoms with E-state index in [4.69, 9.17) is 5.11 Å². The van der Waals surface area contributed by atoms with E-state index in [-0.39, 0.29) is 0 Å². The van der Waals surface area contributed by atoms with Gasteiger partial charge in [0.1, 0.15) is 0 Å². The van der Waals surface area contributed by atoms with Gasteiger partial charge in [-0.15, -0.1) is 0 Å². The van der Waals surface area contributed by atoms with Gasteiger partial charge in [0.05, 0.1) is 0 Å². The Labute approximate surface area is 82.6 Å². The standard InChI is InChI=1S/C11H12O3/c1-9(12)14-11(13)8-7-10-5-3-2-4-6-10/h2-8,11,13H,1H3. The van der Waals surface area contributed by atoms with Gasteiger partial charge in [-0.05, 0) is 11.6 Å². The van der Waals surface area contributed by atoms with Gasteiger partial charge in [-0.1, -0.05) is 36.4 Å². The van der Waals surface area contributed by atoms with Gasteiger partial charge < -0.3 is 9.84 Å². The third-order valence-electron chi connectivity index (χ3n) is 1.54. The minimum atomic E-state index is -1.17. The van der Waals surface area contributed by atoms with E-state index in [9.17, 15) is 4.79 Å². The lowest BCUT2D eigenvalue weighted by molar-refractivity contribution is -0.157. The summed E-state index contributed by atoms with van der Waals surface area (Å²) in [6.07, 6.45) is 1.93. The van der Waals surface area contributed by atoms with Gasteiger partial charge >= 0.3 is 5.97 Å². The maximum absolute atomic E-state index is 10.4. The molecular formula is C11H12O3. The molecule has 1 aromatic carbocycles. The van der Waals surface area contributed by atoms with Gasteiger partial charge in [-0.2, -0.15) is 0 Å². The number of esters is 1. The van der Waals surface area contributed by atoms with E-state index in [2.05, 4.69) is 4.74 Å². The molecule has 0 saturated carbocycles. The molecule has 3 heteroatoms. The lowest BCUT2D eigenvalue weighted by atomic mass is 10.2. The van der Waals surface area contributed by atoms with Gasteiger partial charge in [-0.25, -0.2) is 0 Å². The number of aliphatic hydroxyl groups excluding tert-OH is 1. The van der Waals surface area contributed by atoms with Crippen LogP contribution in [0.25, 0.3) is 6.08 Å². The lowest BCUT2D eigenvalue weighted by Gasteiger charge is -2.04. The van der Waals surface area contributed by atoms with E-state index in [0.29, 0.717) is 0 Å². The quantitative estimate of drug-likeness (QED) is 0.584. The van der Waals surface area contributed by atoms with Crippen molar-refractivity contribution in [2.45, 2.75) is 13.2 Å². The van der Waals surface area contributed by atoms with Crippen LogP contribution < -0.4 is 0 Å². The van der Waals surface area contributed by atoms with Crippen LogP contribution in [0.3, 0.4) is 0 Å². The summed E-state index contributed by atoms with van der Waals surface area (Å²) in [6.45, 7) is 1.25. The Hall–Kier alpha value is -1.61. The Bertz CT molecular complexity index is 317. The number of hydrogen-bond acceptors (Lipinski definition) is 3. The minimum Gasteiger partial charge on any atom is -0.432 e. The van der Waals surface area contributed by atoms with Crippen molar-refractivity contribution >= 4 is 12.0 Å². The summed E-state index contributed by atoms with van der Waals surface area (Å²) in [7, 11) is 0. The van der Waals surface area contributed by atoms with Crippen molar-refractivity contribution in [3.05, 3.63) is 42.0 Å². The molecule has 0 heterocycles. The summed E-state index contributed by atoms with van der Waals surface area (Å²) >= 11 is 0. The minimum absolute atomic E-state index is 0.504. The molecule has 14 heavy (non-hydrogen) atoms. The van der Waals surface area contributed by atoms with Crippen molar-refractivity contribution in [2.75, 3.05) is 0 Å². The largest absolute Gasteiger partial charge is 0.432 e. The highest BCUT2D eigenvalue weighted by Gasteiger charge is 2.00. The van der Waals surface area contributed by atoms with Crippen molar-refractivity contribution in [3.63, 3.8) is 0 Å². The highest BCUT2D eigenvalue weighted by atomic mass is 16.6. The van der Waals surface area contributed by atoms with Gasteiger partial charge in [0.15, 0.2) is 0 Å². The van der Waals surface area contributed by atoms with Crippen LogP contribution in [0.2, 0.25) is 0 Å². The predicted octanol–water partition coefficient (Wildman–Crippen LogP) is 1.58. The fraction of sp³-hybridized carbons (Fsp3) is 0.182. The Morgan fingerprint density at radius 1 is 1.43 bits per heavy atom. The first-order valence-electron chi connectivity index (χ1n) is 4.27. The molecule has 1 rings (SSSR count). The smallest absolute Gasteiger partial charge is 0.305 e. The maximum Gasteiger partial charge on any atom is 0.305 e. The number of hydrogen-bond donors (Lipinski definition) is 1. The molecule has 0 aliphatic rings. The van der Waals surface area contributed by atoms with E-state index < -0.39 is 12.3 Å². The van der Waals surface area contributed by atoms with E-state index in [1.807, 2.05) is 30.3 Å². The molecule has 0 radical (unpaired) electrons. The van der Waals surface area contributed by atoms with Crippen LogP contribution >= 0.6 is 0 Å². The van der Waals surface area contributed by atoms with Gasteiger partial charge in [-0.3, -0.25) is 4.79 Å². The molecular weight excluding hydrogens is 180 g/mol. The highest BCUT2D eigenvalue weighted by Crippen LogP contribution is 2.02. The molecule has 0 bridgehead atoms. The second kappa shape index (κ2) is 5.19. The summed E-state index contributed by atoms with van der Waals surface area (Å²) in [4.78, 5) is 10.4. The Kier molecular flexibility index (Phi) is 3.88. The third-order valence-corrected chi connectivity index (χ3v) is 1.54. The molecule has 1 N–H and O–H groups in total. The maximum atomic E-state index is 10.4. The molecule has 0 aliphatic heterocycles. The molecule has 0 fully saturated rings. The van der Waals surface area contributed by atoms with Gasteiger partial charge in [0.25, 0.3) is 0 Å². The zero-order valence-corrected chi connectivity index (χ0v) is 7.88. The summed E-state index contributed by atoms with van der Waals surface area (Å²) in [5, 5.41) is 9.15. The highest BCUT2D eigenvalue weighted by molar-refractivity contribution is 5.66. The zero-order chi connectivity index (χ0) is 10.4. The molecule has 1 atom stereocenters. The van der Waals surface area contributed by atoms with E-state index >= 15 is 0 Å². The monoisotopic (exact) mass is 192 g/mol. The van der Waals surface area contributed by atoms with Crippen molar-refractivity contribution < 1.29 is 14.6 Å². The van der Waals surface area contributed by atoms with E-state index in [1.54, 1.807) is 6.08 Å². The molecule has 0 aliphatic carbocycles.